The largest absolute Gasteiger partial charge is 0.330 e. The number of likely N-dealkylation sites (tertiary alicyclic amines) is 1. The molecule has 0 N–H and O–H groups in total. The van der Waals surface area contributed by atoms with Crippen molar-refractivity contribution < 1.29 is 13.2 Å². The van der Waals surface area contributed by atoms with E-state index in [2.05, 4.69) is 16.9 Å². The summed E-state index contributed by atoms with van der Waals surface area (Å²) in [5.74, 6) is 0.0802. The number of benzene rings is 1. The van der Waals surface area contributed by atoms with E-state index in [1.807, 2.05) is 31.2 Å². The molecule has 0 spiro atoms. The van der Waals surface area contributed by atoms with Crippen molar-refractivity contribution in [3.8, 4) is 0 Å². The Hall–Kier alpha value is -2.28. The van der Waals surface area contributed by atoms with Crippen molar-refractivity contribution in [2.45, 2.75) is 32.0 Å². The minimum absolute atomic E-state index is 0.0239. The van der Waals surface area contributed by atoms with Crippen LogP contribution in [-0.4, -0.2) is 42.0 Å². The molecule has 0 aliphatic carbocycles. The second kappa shape index (κ2) is 6.22. The number of hydrogen-bond donors (Lipinski definition) is 0. The lowest BCUT2D eigenvalue weighted by atomic mass is 9.84. The highest BCUT2D eigenvalue weighted by Crippen LogP contribution is 2.39. The average Bonchev–Trinajstić information content (AvgIpc) is 2.53. The van der Waals surface area contributed by atoms with Gasteiger partial charge >= 0.3 is 0 Å². The highest BCUT2D eigenvalue weighted by Gasteiger charge is 2.41. The van der Waals surface area contributed by atoms with Gasteiger partial charge in [-0.25, -0.2) is 18.4 Å². The number of carbonyl (C=O) groups excluding carboxylic acids is 1. The van der Waals surface area contributed by atoms with Gasteiger partial charge in [0.25, 0.3) is 5.91 Å². The first-order valence-electron chi connectivity index (χ1n) is 8.09. The van der Waals surface area contributed by atoms with E-state index in [9.17, 15) is 13.2 Å². The molecule has 1 amide bonds. The normalized spacial score (nSPS) is 20.2. The molecule has 132 valence electrons. The van der Waals surface area contributed by atoms with Crippen LogP contribution < -0.4 is 0 Å². The van der Waals surface area contributed by atoms with E-state index >= 15 is 0 Å². The van der Waals surface area contributed by atoms with Crippen LogP contribution in [0.15, 0.2) is 35.6 Å². The van der Waals surface area contributed by atoms with E-state index in [0.29, 0.717) is 18.0 Å². The third-order valence-electron chi connectivity index (χ3n) is 4.52. The fourth-order valence-corrected chi connectivity index (χ4v) is 3.63. The molecule has 1 fully saturated rings. The second-order valence-electron chi connectivity index (χ2n) is 6.75. The maximum atomic E-state index is 13.0. The van der Waals surface area contributed by atoms with Crippen LogP contribution in [0.4, 0.5) is 0 Å². The highest BCUT2D eigenvalue weighted by atomic mass is 32.2. The summed E-state index contributed by atoms with van der Waals surface area (Å²) >= 11 is 0. The first kappa shape index (κ1) is 17.5. The standard InChI is InChI=1S/C18H21N3O3S/c1-11-5-7-14(8-6-11)16-13(3)10-21(16)17(22)15-12(2)9-19-18(20-15)25(4,23)24/h5-9,13,16H,10H2,1-4H3. The third-order valence-corrected chi connectivity index (χ3v) is 5.38. The van der Waals surface area contributed by atoms with Crippen LogP contribution >= 0.6 is 0 Å². The molecule has 2 heterocycles. The number of nitrogens with zero attached hydrogens (tertiary/aromatic N) is 3. The van der Waals surface area contributed by atoms with Crippen LogP contribution in [0.3, 0.4) is 0 Å². The Morgan fingerprint density at radius 3 is 2.40 bits per heavy atom. The van der Waals surface area contributed by atoms with Gasteiger partial charge in [-0.3, -0.25) is 4.79 Å². The molecule has 6 nitrogen and oxygen atoms in total. The molecule has 1 aromatic heterocycles. The summed E-state index contributed by atoms with van der Waals surface area (Å²) in [5, 5.41) is -0.318. The molecule has 1 aliphatic rings. The van der Waals surface area contributed by atoms with E-state index in [-0.39, 0.29) is 22.8 Å². The molecule has 1 saturated heterocycles. The number of carbonyl (C=O) groups is 1. The van der Waals surface area contributed by atoms with E-state index in [4.69, 9.17) is 0 Å². The Bertz CT molecular complexity index is 923. The van der Waals surface area contributed by atoms with Gasteiger partial charge in [0.15, 0.2) is 0 Å². The summed E-state index contributed by atoms with van der Waals surface area (Å²) in [6.45, 7) is 6.45. The zero-order valence-electron chi connectivity index (χ0n) is 14.7. The van der Waals surface area contributed by atoms with Crippen LogP contribution in [0.5, 0.6) is 0 Å². The van der Waals surface area contributed by atoms with E-state index in [0.717, 1.165) is 17.4 Å². The van der Waals surface area contributed by atoms with Gasteiger partial charge in [0.05, 0.1) is 6.04 Å². The van der Waals surface area contributed by atoms with Gasteiger partial charge < -0.3 is 4.90 Å². The quantitative estimate of drug-likeness (QED) is 0.786. The zero-order chi connectivity index (χ0) is 18.4. The number of aryl methyl sites for hydroxylation is 2. The van der Waals surface area contributed by atoms with Gasteiger partial charge in [0.2, 0.25) is 15.0 Å². The number of rotatable bonds is 3. The second-order valence-corrected chi connectivity index (χ2v) is 8.66. The fraction of sp³-hybridized carbons (Fsp3) is 0.389. The fourth-order valence-electron chi connectivity index (χ4n) is 3.13. The Morgan fingerprint density at radius 1 is 1.20 bits per heavy atom. The van der Waals surface area contributed by atoms with Gasteiger partial charge in [-0.1, -0.05) is 36.8 Å². The van der Waals surface area contributed by atoms with Crippen molar-refractivity contribution in [3.63, 3.8) is 0 Å². The maximum Gasteiger partial charge on any atom is 0.273 e. The lowest BCUT2D eigenvalue weighted by Gasteiger charge is -2.47. The summed E-state index contributed by atoms with van der Waals surface area (Å²) in [6, 6.07) is 8.10. The summed E-state index contributed by atoms with van der Waals surface area (Å²) in [4.78, 5) is 22.6. The van der Waals surface area contributed by atoms with Crippen molar-refractivity contribution in [3.05, 3.63) is 52.8 Å². The Balaban J connectivity index is 1.94. The van der Waals surface area contributed by atoms with Crippen LogP contribution in [0.1, 0.15) is 40.1 Å². The molecule has 0 radical (unpaired) electrons. The molecule has 25 heavy (non-hydrogen) atoms. The predicted molar refractivity (Wildman–Crippen MR) is 94.0 cm³/mol. The molecule has 0 bridgehead atoms. The SMILES string of the molecule is Cc1ccc(C2C(C)CN2C(=O)c2nc(S(C)(=O)=O)ncc2C)cc1. The van der Waals surface area contributed by atoms with Gasteiger partial charge in [0.1, 0.15) is 5.69 Å². The summed E-state index contributed by atoms with van der Waals surface area (Å²) < 4.78 is 23.4. The molecule has 2 aromatic rings. The first-order chi connectivity index (χ1) is 11.7. The monoisotopic (exact) mass is 359 g/mol. The predicted octanol–water partition coefficient (Wildman–Crippen LogP) is 2.33. The first-order valence-corrected chi connectivity index (χ1v) is 9.99. The number of aromatic nitrogens is 2. The number of hydrogen-bond acceptors (Lipinski definition) is 5. The molecular weight excluding hydrogens is 338 g/mol. The number of sulfone groups is 1. The van der Waals surface area contributed by atoms with Crippen molar-refractivity contribution in [2.24, 2.45) is 5.92 Å². The van der Waals surface area contributed by atoms with Gasteiger partial charge in [-0.05, 0) is 30.9 Å². The van der Waals surface area contributed by atoms with Crippen LogP contribution in [0.25, 0.3) is 0 Å². The smallest absolute Gasteiger partial charge is 0.273 e. The third kappa shape index (κ3) is 3.28. The van der Waals surface area contributed by atoms with Gasteiger partial charge in [0, 0.05) is 19.0 Å². The van der Waals surface area contributed by atoms with Crippen molar-refractivity contribution >= 4 is 15.7 Å². The minimum atomic E-state index is -3.56. The molecule has 1 aliphatic heterocycles. The topological polar surface area (TPSA) is 80.2 Å². The van der Waals surface area contributed by atoms with Crippen LogP contribution in [0, 0.1) is 19.8 Å². The summed E-state index contributed by atoms with van der Waals surface area (Å²) in [7, 11) is -3.56. The summed E-state index contributed by atoms with van der Waals surface area (Å²) in [5.41, 5.74) is 2.96. The zero-order valence-corrected chi connectivity index (χ0v) is 15.5. The molecule has 3 rings (SSSR count). The lowest BCUT2D eigenvalue weighted by molar-refractivity contribution is 0.0190. The lowest BCUT2D eigenvalue weighted by Crippen LogP contribution is -2.51. The average molecular weight is 359 g/mol. The van der Waals surface area contributed by atoms with Crippen molar-refractivity contribution in [1.82, 2.24) is 14.9 Å². The van der Waals surface area contributed by atoms with Crippen molar-refractivity contribution in [1.29, 1.82) is 0 Å². The maximum absolute atomic E-state index is 13.0. The summed E-state index contributed by atoms with van der Waals surface area (Å²) in [6.07, 6.45) is 2.42. The van der Waals surface area contributed by atoms with E-state index in [1.54, 1.807) is 11.8 Å². The van der Waals surface area contributed by atoms with Crippen LogP contribution in [0.2, 0.25) is 0 Å². The molecule has 2 unspecified atom stereocenters. The van der Waals surface area contributed by atoms with Crippen molar-refractivity contribution in [2.75, 3.05) is 12.8 Å². The van der Waals surface area contributed by atoms with Gasteiger partial charge in [-0.15, -0.1) is 0 Å². The van der Waals surface area contributed by atoms with Crippen LogP contribution in [-0.2, 0) is 9.84 Å². The Labute approximate surface area is 147 Å². The van der Waals surface area contributed by atoms with Gasteiger partial charge in [-0.2, -0.15) is 0 Å². The molecule has 7 heteroatoms. The molecular formula is C18H21N3O3S. The molecule has 0 saturated carbocycles. The van der Waals surface area contributed by atoms with E-state index in [1.165, 1.54) is 6.20 Å². The highest BCUT2D eigenvalue weighted by molar-refractivity contribution is 7.90. The molecule has 2 atom stereocenters. The minimum Gasteiger partial charge on any atom is -0.330 e. The number of amides is 1. The Kier molecular flexibility index (Phi) is 4.36. The Morgan fingerprint density at radius 2 is 1.84 bits per heavy atom. The van der Waals surface area contributed by atoms with E-state index < -0.39 is 9.84 Å². The molecule has 1 aromatic carbocycles.